The molecule has 0 amide bonds. The second-order valence-electron chi connectivity index (χ2n) is 4.66. The molecule has 0 bridgehead atoms. The first-order valence-corrected chi connectivity index (χ1v) is 7.99. The molecule has 2 heterocycles. The van der Waals surface area contributed by atoms with Crippen LogP contribution in [0, 0.1) is 0 Å². The zero-order chi connectivity index (χ0) is 12.3. The minimum atomic E-state index is -2.74. The van der Waals surface area contributed by atoms with Crippen molar-refractivity contribution in [2.45, 2.75) is 38.9 Å². The molecule has 5 heteroatoms. The van der Waals surface area contributed by atoms with Crippen LogP contribution in [0.3, 0.4) is 0 Å². The van der Waals surface area contributed by atoms with Crippen LogP contribution < -0.4 is 5.32 Å². The van der Waals surface area contributed by atoms with E-state index in [0.717, 1.165) is 25.9 Å². The van der Waals surface area contributed by atoms with Crippen molar-refractivity contribution in [3.63, 3.8) is 0 Å². The molecule has 0 saturated carbocycles. The van der Waals surface area contributed by atoms with E-state index in [1.807, 2.05) is 0 Å². The second kappa shape index (κ2) is 5.23. The lowest BCUT2D eigenvalue weighted by molar-refractivity contribution is 0.463. The quantitative estimate of drug-likeness (QED) is 0.880. The highest BCUT2D eigenvalue weighted by Gasteiger charge is 2.22. The summed E-state index contributed by atoms with van der Waals surface area (Å²) >= 11 is 0. The molecule has 0 atom stereocenters. The first-order valence-electron chi connectivity index (χ1n) is 6.17. The van der Waals surface area contributed by atoms with E-state index >= 15 is 0 Å². The molecule has 0 aliphatic carbocycles. The molecule has 1 aliphatic heterocycles. The molecule has 1 aromatic heterocycles. The van der Waals surface area contributed by atoms with Gasteiger partial charge in [0, 0.05) is 31.5 Å². The van der Waals surface area contributed by atoms with Crippen LogP contribution in [0.5, 0.6) is 0 Å². The van der Waals surface area contributed by atoms with Crippen molar-refractivity contribution in [3.8, 4) is 0 Å². The fourth-order valence-electron chi connectivity index (χ4n) is 2.15. The Morgan fingerprint density at radius 1 is 1.41 bits per heavy atom. The molecular weight excluding hydrogens is 236 g/mol. The molecule has 0 aromatic carbocycles. The predicted octanol–water partition coefficient (Wildman–Crippen LogP) is 1.17. The average molecular weight is 256 g/mol. The van der Waals surface area contributed by atoms with Gasteiger partial charge in [-0.15, -0.1) is 0 Å². The molecule has 1 fully saturated rings. The summed E-state index contributed by atoms with van der Waals surface area (Å²) in [6.45, 7) is 3.93. The second-order valence-corrected chi connectivity index (χ2v) is 6.96. The topological polar surface area (TPSA) is 51.1 Å². The molecule has 4 nitrogen and oxygen atoms in total. The Bertz CT molecular complexity index is 451. The van der Waals surface area contributed by atoms with Crippen molar-refractivity contribution in [2.24, 2.45) is 0 Å². The standard InChI is InChI=1S/C12H20N2O2S/c1-2-14-6-3-11(10-14)9-13-12-4-7-17(15,16)8-5-12/h3,6,10,12-13H,2,4-5,7-9H2,1H3. The van der Waals surface area contributed by atoms with Gasteiger partial charge in [-0.2, -0.15) is 0 Å². The van der Waals surface area contributed by atoms with E-state index in [1.165, 1.54) is 5.56 Å². The molecule has 2 rings (SSSR count). The van der Waals surface area contributed by atoms with Crippen molar-refractivity contribution in [1.29, 1.82) is 0 Å². The number of sulfone groups is 1. The van der Waals surface area contributed by atoms with Crippen molar-refractivity contribution < 1.29 is 8.42 Å². The normalized spacial score (nSPS) is 20.5. The van der Waals surface area contributed by atoms with Crippen molar-refractivity contribution in [2.75, 3.05) is 11.5 Å². The summed E-state index contributed by atoms with van der Waals surface area (Å²) in [5.74, 6) is 0.668. The van der Waals surface area contributed by atoms with Gasteiger partial charge in [0.1, 0.15) is 9.84 Å². The Morgan fingerprint density at radius 3 is 2.71 bits per heavy atom. The van der Waals surface area contributed by atoms with Crippen LogP contribution in [0.15, 0.2) is 18.5 Å². The zero-order valence-corrected chi connectivity index (χ0v) is 11.0. The van der Waals surface area contributed by atoms with Crippen LogP contribution in [-0.4, -0.2) is 30.5 Å². The number of rotatable bonds is 4. The van der Waals surface area contributed by atoms with E-state index in [1.54, 1.807) is 0 Å². The lowest BCUT2D eigenvalue weighted by atomic mass is 10.1. The van der Waals surface area contributed by atoms with Crippen LogP contribution in [0.4, 0.5) is 0 Å². The van der Waals surface area contributed by atoms with E-state index in [2.05, 4.69) is 35.3 Å². The lowest BCUT2D eigenvalue weighted by Crippen LogP contribution is -2.37. The van der Waals surface area contributed by atoms with Crippen molar-refractivity contribution in [3.05, 3.63) is 24.0 Å². The van der Waals surface area contributed by atoms with Crippen LogP contribution >= 0.6 is 0 Å². The Morgan fingerprint density at radius 2 is 2.12 bits per heavy atom. The van der Waals surface area contributed by atoms with Gasteiger partial charge < -0.3 is 9.88 Å². The molecule has 96 valence electrons. The molecule has 17 heavy (non-hydrogen) atoms. The first kappa shape index (κ1) is 12.6. The van der Waals surface area contributed by atoms with Gasteiger partial charge in [0.05, 0.1) is 11.5 Å². The first-order chi connectivity index (χ1) is 8.09. The SMILES string of the molecule is CCn1ccc(CNC2CCS(=O)(=O)CC2)c1. The summed E-state index contributed by atoms with van der Waals surface area (Å²) < 4.78 is 24.7. The van der Waals surface area contributed by atoms with E-state index < -0.39 is 9.84 Å². The van der Waals surface area contributed by atoms with Crippen molar-refractivity contribution >= 4 is 9.84 Å². The van der Waals surface area contributed by atoms with Gasteiger partial charge in [-0.05, 0) is 31.4 Å². The Hall–Kier alpha value is -0.810. The van der Waals surface area contributed by atoms with Gasteiger partial charge in [-0.3, -0.25) is 0 Å². The highest BCUT2D eigenvalue weighted by atomic mass is 32.2. The summed E-state index contributed by atoms with van der Waals surface area (Å²) in [6, 6.07) is 2.46. The number of nitrogens with one attached hydrogen (secondary N) is 1. The lowest BCUT2D eigenvalue weighted by Gasteiger charge is -2.22. The minimum absolute atomic E-state index is 0.334. The smallest absolute Gasteiger partial charge is 0.150 e. The third-order valence-electron chi connectivity index (χ3n) is 3.33. The summed E-state index contributed by atoms with van der Waals surface area (Å²) in [5, 5.41) is 3.44. The van der Waals surface area contributed by atoms with Gasteiger partial charge in [0.2, 0.25) is 0 Å². The highest BCUT2D eigenvalue weighted by Crippen LogP contribution is 2.13. The van der Waals surface area contributed by atoms with Crippen LogP contribution in [0.2, 0.25) is 0 Å². The molecular formula is C12H20N2O2S. The summed E-state index contributed by atoms with van der Waals surface area (Å²) in [6.07, 6.45) is 5.70. The summed E-state index contributed by atoms with van der Waals surface area (Å²) in [7, 11) is -2.74. The van der Waals surface area contributed by atoms with Gasteiger partial charge >= 0.3 is 0 Å². The number of aryl methyl sites for hydroxylation is 1. The van der Waals surface area contributed by atoms with Crippen molar-refractivity contribution in [1.82, 2.24) is 9.88 Å². The molecule has 0 radical (unpaired) electrons. The Balaban J connectivity index is 1.79. The Kier molecular flexibility index (Phi) is 3.89. The maximum atomic E-state index is 11.3. The molecule has 0 unspecified atom stereocenters. The van der Waals surface area contributed by atoms with Crippen LogP contribution in [0.1, 0.15) is 25.3 Å². The van der Waals surface area contributed by atoms with Gasteiger partial charge in [-0.25, -0.2) is 8.42 Å². The minimum Gasteiger partial charge on any atom is -0.354 e. The third-order valence-corrected chi connectivity index (χ3v) is 5.04. The number of nitrogens with zero attached hydrogens (tertiary/aromatic N) is 1. The zero-order valence-electron chi connectivity index (χ0n) is 10.2. The van der Waals surface area contributed by atoms with E-state index in [-0.39, 0.29) is 0 Å². The van der Waals surface area contributed by atoms with Gasteiger partial charge in [0.15, 0.2) is 0 Å². The summed E-state index contributed by atoms with van der Waals surface area (Å²) in [5.41, 5.74) is 1.26. The van der Waals surface area contributed by atoms with E-state index in [4.69, 9.17) is 0 Å². The molecule has 1 aliphatic rings. The van der Waals surface area contributed by atoms with E-state index in [0.29, 0.717) is 17.5 Å². The van der Waals surface area contributed by atoms with Gasteiger partial charge in [0.25, 0.3) is 0 Å². The van der Waals surface area contributed by atoms with Gasteiger partial charge in [-0.1, -0.05) is 0 Å². The molecule has 1 N–H and O–H groups in total. The number of aromatic nitrogens is 1. The molecule has 0 spiro atoms. The fraction of sp³-hybridized carbons (Fsp3) is 0.667. The third kappa shape index (κ3) is 3.57. The van der Waals surface area contributed by atoms with Crippen LogP contribution in [0.25, 0.3) is 0 Å². The highest BCUT2D eigenvalue weighted by molar-refractivity contribution is 7.91. The fourth-order valence-corrected chi connectivity index (χ4v) is 3.64. The maximum Gasteiger partial charge on any atom is 0.150 e. The van der Waals surface area contributed by atoms with E-state index in [9.17, 15) is 8.42 Å². The van der Waals surface area contributed by atoms with Crippen LogP contribution in [-0.2, 0) is 22.9 Å². The average Bonchev–Trinajstić information content (AvgIpc) is 2.75. The Labute approximate surface area is 103 Å². The molecule has 1 aromatic rings. The monoisotopic (exact) mass is 256 g/mol. The summed E-state index contributed by atoms with van der Waals surface area (Å²) in [4.78, 5) is 0. The number of hydrogen-bond acceptors (Lipinski definition) is 3. The largest absolute Gasteiger partial charge is 0.354 e. The molecule has 1 saturated heterocycles. The number of hydrogen-bond donors (Lipinski definition) is 1. The predicted molar refractivity (Wildman–Crippen MR) is 68.6 cm³/mol. The maximum absolute atomic E-state index is 11.3.